The molecule has 1 aliphatic rings. The minimum Gasteiger partial charge on any atom is -0.455 e. The van der Waals surface area contributed by atoms with E-state index in [0.717, 1.165) is 6.42 Å². The Bertz CT molecular complexity index is 1130. The van der Waals surface area contributed by atoms with Crippen LogP contribution in [0.3, 0.4) is 0 Å². The summed E-state index contributed by atoms with van der Waals surface area (Å²) >= 11 is 0. The molecule has 0 unspecified atom stereocenters. The Morgan fingerprint density at radius 1 is 1.03 bits per heavy atom. The molecule has 2 heterocycles. The number of carbonyl (C=O) groups excluding carboxylic acids is 3. The summed E-state index contributed by atoms with van der Waals surface area (Å²) in [5.74, 6) is -0.420. The quantitative estimate of drug-likeness (QED) is 0.572. The van der Waals surface area contributed by atoms with Crippen LogP contribution in [0.5, 0.6) is 11.5 Å². The highest BCUT2D eigenvalue weighted by Gasteiger charge is 2.24. The molecular weight excluding hydrogens is 410 g/mol. The van der Waals surface area contributed by atoms with E-state index in [1.165, 1.54) is 6.20 Å². The number of pyridine rings is 1. The molecular formula is C24H21N3O5. The number of carbonyl (C=O) groups is 3. The highest BCUT2D eigenvalue weighted by molar-refractivity contribution is 6.03. The van der Waals surface area contributed by atoms with Crippen LogP contribution in [0.1, 0.15) is 23.2 Å². The molecule has 0 atom stereocenters. The number of amides is 2. The molecule has 1 aromatic heterocycles. The average Bonchev–Trinajstić information content (AvgIpc) is 3.24. The van der Waals surface area contributed by atoms with Crippen LogP contribution in [0.2, 0.25) is 0 Å². The normalized spacial score (nSPS) is 13.0. The molecule has 1 N–H and O–H groups in total. The SMILES string of the molecule is O=C(COC(=O)c1ccccc1Oc1cccnc1)Nc1ccccc1N1CCCC1=O. The molecule has 3 aromatic rings. The second-order valence-electron chi connectivity index (χ2n) is 7.08. The first-order chi connectivity index (χ1) is 15.6. The van der Waals surface area contributed by atoms with Gasteiger partial charge in [0.05, 0.1) is 17.6 Å². The highest BCUT2D eigenvalue weighted by atomic mass is 16.5. The maximum Gasteiger partial charge on any atom is 0.342 e. The predicted octanol–water partition coefficient (Wildman–Crippen LogP) is 3.80. The molecule has 2 aromatic carbocycles. The van der Waals surface area contributed by atoms with Gasteiger partial charge in [0.15, 0.2) is 6.61 Å². The molecule has 2 amide bonds. The molecule has 0 aliphatic carbocycles. The summed E-state index contributed by atoms with van der Waals surface area (Å²) in [6.45, 7) is 0.122. The number of aromatic nitrogens is 1. The van der Waals surface area contributed by atoms with Gasteiger partial charge in [-0.3, -0.25) is 14.6 Å². The summed E-state index contributed by atoms with van der Waals surface area (Å²) in [5, 5.41) is 2.72. The molecule has 1 fully saturated rings. The second kappa shape index (κ2) is 9.74. The third-order valence-corrected chi connectivity index (χ3v) is 4.85. The van der Waals surface area contributed by atoms with Gasteiger partial charge in [0.1, 0.15) is 17.1 Å². The smallest absolute Gasteiger partial charge is 0.342 e. The Morgan fingerprint density at radius 3 is 2.62 bits per heavy atom. The van der Waals surface area contributed by atoms with Crippen molar-refractivity contribution in [3.63, 3.8) is 0 Å². The minimum absolute atomic E-state index is 0.0170. The fourth-order valence-corrected chi connectivity index (χ4v) is 3.37. The Kier molecular flexibility index (Phi) is 6.41. The standard InChI is InChI=1S/C24H21N3O5/c28-22(26-19-9-2-3-10-20(19)27-14-6-12-23(27)29)16-31-24(30)18-8-1-4-11-21(18)32-17-7-5-13-25-15-17/h1-5,7-11,13,15H,6,12,14,16H2,(H,26,28). The zero-order chi connectivity index (χ0) is 22.3. The van der Waals surface area contributed by atoms with Crippen LogP contribution >= 0.6 is 0 Å². The third kappa shape index (κ3) is 4.92. The molecule has 162 valence electrons. The number of esters is 1. The van der Waals surface area contributed by atoms with Crippen LogP contribution in [-0.4, -0.2) is 35.9 Å². The summed E-state index contributed by atoms with van der Waals surface area (Å²) in [6.07, 6.45) is 4.40. The van der Waals surface area contributed by atoms with Crippen LogP contribution in [-0.2, 0) is 14.3 Å². The van der Waals surface area contributed by atoms with Gasteiger partial charge >= 0.3 is 5.97 Å². The fourth-order valence-electron chi connectivity index (χ4n) is 3.37. The van der Waals surface area contributed by atoms with Crippen molar-refractivity contribution in [1.82, 2.24) is 4.98 Å². The molecule has 8 heteroatoms. The van der Waals surface area contributed by atoms with Gasteiger partial charge in [0, 0.05) is 19.2 Å². The van der Waals surface area contributed by atoms with Gasteiger partial charge in [-0.2, -0.15) is 0 Å². The summed E-state index contributed by atoms with van der Waals surface area (Å²) in [6, 6.07) is 17.1. The maximum absolute atomic E-state index is 12.6. The number of hydrogen-bond acceptors (Lipinski definition) is 6. The molecule has 0 spiro atoms. The molecule has 1 aliphatic heterocycles. The van der Waals surface area contributed by atoms with Crippen LogP contribution in [0, 0.1) is 0 Å². The number of para-hydroxylation sites is 3. The molecule has 4 rings (SSSR count). The van der Waals surface area contributed by atoms with Crippen molar-refractivity contribution < 1.29 is 23.9 Å². The molecule has 8 nitrogen and oxygen atoms in total. The van der Waals surface area contributed by atoms with Crippen molar-refractivity contribution in [2.24, 2.45) is 0 Å². The van der Waals surface area contributed by atoms with E-state index >= 15 is 0 Å². The van der Waals surface area contributed by atoms with Gasteiger partial charge in [-0.1, -0.05) is 24.3 Å². The van der Waals surface area contributed by atoms with E-state index in [0.29, 0.717) is 35.8 Å². The zero-order valence-electron chi connectivity index (χ0n) is 17.2. The largest absolute Gasteiger partial charge is 0.455 e. The van der Waals surface area contributed by atoms with Crippen LogP contribution < -0.4 is 15.0 Å². The van der Waals surface area contributed by atoms with Crippen molar-refractivity contribution in [3.05, 3.63) is 78.6 Å². The van der Waals surface area contributed by atoms with E-state index in [-0.39, 0.29) is 11.5 Å². The van der Waals surface area contributed by atoms with Crippen molar-refractivity contribution in [1.29, 1.82) is 0 Å². The zero-order valence-corrected chi connectivity index (χ0v) is 17.2. The summed E-state index contributed by atoms with van der Waals surface area (Å²) in [7, 11) is 0. The monoisotopic (exact) mass is 431 g/mol. The van der Waals surface area contributed by atoms with E-state index in [4.69, 9.17) is 9.47 Å². The number of anilines is 2. The van der Waals surface area contributed by atoms with Crippen molar-refractivity contribution in [2.75, 3.05) is 23.4 Å². The molecule has 32 heavy (non-hydrogen) atoms. The van der Waals surface area contributed by atoms with Gasteiger partial charge < -0.3 is 19.7 Å². The predicted molar refractivity (Wildman–Crippen MR) is 118 cm³/mol. The molecule has 1 saturated heterocycles. The Balaban J connectivity index is 1.39. The van der Waals surface area contributed by atoms with E-state index in [1.54, 1.807) is 71.8 Å². The first-order valence-electron chi connectivity index (χ1n) is 10.1. The number of ether oxygens (including phenoxy) is 2. The van der Waals surface area contributed by atoms with Crippen molar-refractivity contribution in [2.45, 2.75) is 12.8 Å². The van der Waals surface area contributed by atoms with E-state index in [2.05, 4.69) is 10.3 Å². The van der Waals surface area contributed by atoms with E-state index in [9.17, 15) is 14.4 Å². The maximum atomic E-state index is 12.6. The third-order valence-electron chi connectivity index (χ3n) is 4.85. The highest BCUT2D eigenvalue weighted by Crippen LogP contribution is 2.29. The topological polar surface area (TPSA) is 97.8 Å². The van der Waals surface area contributed by atoms with Crippen LogP contribution in [0.25, 0.3) is 0 Å². The Labute approximate surface area is 184 Å². The van der Waals surface area contributed by atoms with E-state index < -0.39 is 18.5 Å². The first kappa shape index (κ1) is 21.0. The van der Waals surface area contributed by atoms with Crippen molar-refractivity contribution >= 4 is 29.2 Å². The van der Waals surface area contributed by atoms with Crippen molar-refractivity contribution in [3.8, 4) is 11.5 Å². The van der Waals surface area contributed by atoms with E-state index in [1.807, 2.05) is 0 Å². The van der Waals surface area contributed by atoms with Crippen LogP contribution in [0.4, 0.5) is 11.4 Å². The van der Waals surface area contributed by atoms with Gasteiger partial charge in [-0.25, -0.2) is 4.79 Å². The van der Waals surface area contributed by atoms with Gasteiger partial charge in [0.2, 0.25) is 5.91 Å². The lowest BCUT2D eigenvalue weighted by Crippen LogP contribution is -2.27. The first-order valence-corrected chi connectivity index (χ1v) is 10.1. The summed E-state index contributed by atoms with van der Waals surface area (Å²) in [4.78, 5) is 42.7. The molecule has 0 saturated carbocycles. The van der Waals surface area contributed by atoms with Crippen LogP contribution in [0.15, 0.2) is 73.1 Å². The lowest BCUT2D eigenvalue weighted by Gasteiger charge is -2.20. The number of nitrogens with zero attached hydrogens (tertiary/aromatic N) is 2. The number of rotatable bonds is 7. The number of benzene rings is 2. The fraction of sp³-hybridized carbons (Fsp3) is 0.167. The molecule has 0 radical (unpaired) electrons. The lowest BCUT2D eigenvalue weighted by atomic mass is 10.2. The van der Waals surface area contributed by atoms with Gasteiger partial charge in [0.25, 0.3) is 5.91 Å². The number of nitrogens with one attached hydrogen (secondary N) is 1. The average molecular weight is 431 g/mol. The summed E-state index contributed by atoms with van der Waals surface area (Å²) < 4.78 is 10.9. The second-order valence-corrected chi connectivity index (χ2v) is 7.08. The summed E-state index contributed by atoms with van der Waals surface area (Å²) in [5.41, 5.74) is 1.31. The van der Waals surface area contributed by atoms with Gasteiger partial charge in [-0.05, 0) is 42.8 Å². The Hall–Kier alpha value is -4.20. The minimum atomic E-state index is -0.692. The number of hydrogen-bond donors (Lipinski definition) is 1. The lowest BCUT2D eigenvalue weighted by molar-refractivity contribution is -0.119. The molecule has 0 bridgehead atoms. The van der Waals surface area contributed by atoms with Gasteiger partial charge in [-0.15, -0.1) is 0 Å². The Morgan fingerprint density at radius 2 is 1.84 bits per heavy atom.